The molecule has 17 heavy (non-hydrogen) atoms. The maximum Gasteiger partial charge on any atom is 0.336 e. The number of pyridine rings is 1. The maximum atomic E-state index is 11.2. The van der Waals surface area contributed by atoms with Gasteiger partial charge in [0.2, 0.25) is 0 Å². The average Bonchev–Trinajstić information content (AvgIpc) is 2.30. The molecule has 1 heterocycles. The third-order valence-corrected chi connectivity index (χ3v) is 2.83. The zero-order valence-corrected chi connectivity index (χ0v) is 9.77. The molecule has 2 aromatic rings. The SMILES string of the molecule is Cc1ccc(-c2ccccn2)c(C)c1C(=O)O. The largest absolute Gasteiger partial charge is 0.478 e. The van der Waals surface area contributed by atoms with E-state index in [0.29, 0.717) is 5.56 Å². The molecule has 0 aliphatic carbocycles. The lowest BCUT2D eigenvalue weighted by Crippen LogP contribution is -2.04. The zero-order valence-electron chi connectivity index (χ0n) is 9.77. The topological polar surface area (TPSA) is 50.2 Å². The van der Waals surface area contributed by atoms with E-state index in [1.165, 1.54) is 0 Å². The van der Waals surface area contributed by atoms with Crippen LogP contribution in [-0.4, -0.2) is 16.1 Å². The van der Waals surface area contributed by atoms with E-state index < -0.39 is 5.97 Å². The Kier molecular flexibility index (Phi) is 2.91. The minimum Gasteiger partial charge on any atom is -0.478 e. The minimum absolute atomic E-state index is 0.369. The van der Waals surface area contributed by atoms with Crippen LogP contribution in [0.5, 0.6) is 0 Å². The number of hydrogen-bond donors (Lipinski definition) is 1. The average molecular weight is 227 g/mol. The zero-order chi connectivity index (χ0) is 12.4. The van der Waals surface area contributed by atoms with E-state index in [1.807, 2.05) is 37.3 Å². The lowest BCUT2D eigenvalue weighted by molar-refractivity contribution is 0.0695. The van der Waals surface area contributed by atoms with Gasteiger partial charge in [-0.25, -0.2) is 4.79 Å². The molecule has 3 nitrogen and oxygen atoms in total. The number of carboxylic acids is 1. The smallest absolute Gasteiger partial charge is 0.336 e. The van der Waals surface area contributed by atoms with E-state index in [4.69, 9.17) is 0 Å². The summed E-state index contributed by atoms with van der Waals surface area (Å²) < 4.78 is 0. The second-order valence-electron chi connectivity index (χ2n) is 3.95. The molecule has 0 saturated carbocycles. The molecule has 0 saturated heterocycles. The van der Waals surface area contributed by atoms with Crippen molar-refractivity contribution < 1.29 is 9.90 Å². The summed E-state index contributed by atoms with van der Waals surface area (Å²) in [5, 5.41) is 9.20. The first-order valence-corrected chi connectivity index (χ1v) is 5.36. The molecule has 0 unspecified atom stereocenters. The molecule has 1 aromatic carbocycles. The number of benzene rings is 1. The molecule has 1 aromatic heterocycles. The van der Waals surface area contributed by atoms with Crippen molar-refractivity contribution in [3.05, 3.63) is 53.2 Å². The molecule has 0 fully saturated rings. The van der Waals surface area contributed by atoms with Gasteiger partial charge in [-0.15, -0.1) is 0 Å². The normalized spacial score (nSPS) is 10.2. The molecule has 1 N–H and O–H groups in total. The number of rotatable bonds is 2. The van der Waals surface area contributed by atoms with Crippen LogP contribution in [0.4, 0.5) is 0 Å². The van der Waals surface area contributed by atoms with Crippen molar-refractivity contribution in [1.82, 2.24) is 4.98 Å². The molecule has 2 rings (SSSR count). The van der Waals surface area contributed by atoms with Crippen LogP contribution in [0.25, 0.3) is 11.3 Å². The highest BCUT2D eigenvalue weighted by atomic mass is 16.4. The van der Waals surface area contributed by atoms with Gasteiger partial charge in [-0.3, -0.25) is 4.98 Å². The molecular weight excluding hydrogens is 214 g/mol. The molecule has 0 aliphatic rings. The van der Waals surface area contributed by atoms with Gasteiger partial charge in [0, 0.05) is 11.8 Å². The fourth-order valence-electron chi connectivity index (χ4n) is 1.98. The van der Waals surface area contributed by atoms with Crippen LogP contribution in [0, 0.1) is 13.8 Å². The third-order valence-electron chi connectivity index (χ3n) is 2.83. The van der Waals surface area contributed by atoms with Crippen LogP contribution in [-0.2, 0) is 0 Å². The molecule has 3 heteroatoms. The van der Waals surface area contributed by atoms with Crippen LogP contribution >= 0.6 is 0 Å². The number of nitrogens with zero attached hydrogens (tertiary/aromatic N) is 1. The standard InChI is InChI=1S/C14H13NO2/c1-9-6-7-11(10(2)13(9)14(16)17)12-5-3-4-8-15-12/h3-8H,1-2H3,(H,16,17). The van der Waals surface area contributed by atoms with E-state index in [0.717, 1.165) is 22.4 Å². The Bertz CT molecular complexity index is 562. The van der Waals surface area contributed by atoms with Crippen LogP contribution < -0.4 is 0 Å². The Morgan fingerprint density at radius 1 is 1.18 bits per heavy atom. The second-order valence-corrected chi connectivity index (χ2v) is 3.95. The summed E-state index contributed by atoms with van der Waals surface area (Å²) in [7, 11) is 0. The molecule has 0 aliphatic heterocycles. The quantitative estimate of drug-likeness (QED) is 0.857. The van der Waals surface area contributed by atoms with Gasteiger partial charge < -0.3 is 5.11 Å². The number of carboxylic acid groups (broad SMARTS) is 1. The van der Waals surface area contributed by atoms with Gasteiger partial charge in [-0.2, -0.15) is 0 Å². The molecule has 0 spiro atoms. The number of aryl methyl sites for hydroxylation is 1. The molecule has 86 valence electrons. The number of hydrogen-bond acceptors (Lipinski definition) is 2. The second kappa shape index (κ2) is 4.37. The molecule has 0 amide bonds. The van der Waals surface area contributed by atoms with Gasteiger partial charge in [0.15, 0.2) is 0 Å². The van der Waals surface area contributed by atoms with Crippen molar-refractivity contribution in [3.8, 4) is 11.3 Å². The summed E-state index contributed by atoms with van der Waals surface area (Å²) in [6.07, 6.45) is 1.70. The van der Waals surface area contributed by atoms with Crippen molar-refractivity contribution in [1.29, 1.82) is 0 Å². The molecule has 0 atom stereocenters. The molecular formula is C14H13NO2. The van der Waals surface area contributed by atoms with Crippen LogP contribution in [0.3, 0.4) is 0 Å². The van der Waals surface area contributed by atoms with E-state index in [9.17, 15) is 9.90 Å². The van der Waals surface area contributed by atoms with E-state index >= 15 is 0 Å². The molecule has 0 bridgehead atoms. The van der Waals surface area contributed by atoms with Crippen molar-refractivity contribution in [2.45, 2.75) is 13.8 Å². The predicted octanol–water partition coefficient (Wildman–Crippen LogP) is 3.06. The Morgan fingerprint density at radius 2 is 1.94 bits per heavy atom. The summed E-state index contributed by atoms with van der Waals surface area (Å²) in [4.78, 5) is 15.5. The highest BCUT2D eigenvalue weighted by Gasteiger charge is 2.14. The predicted molar refractivity (Wildman–Crippen MR) is 66.1 cm³/mol. The Balaban J connectivity index is 2.66. The van der Waals surface area contributed by atoms with Crippen LogP contribution in [0.15, 0.2) is 36.5 Å². The van der Waals surface area contributed by atoms with Gasteiger partial charge in [0.05, 0.1) is 11.3 Å². The Morgan fingerprint density at radius 3 is 2.53 bits per heavy atom. The van der Waals surface area contributed by atoms with Crippen molar-refractivity contribution in [2.24, 2.45) is 0 Å². The van der Waals surface area contributed by atoms with Gasteiger partial charge >= 0.3 is 5.97 Å². The van der Waals surface area contributed by atoms with E-state index in [2.05, 4.69) is 4.98 Å². The lowest BCUT2D eigenvalue weighted by atomic mass is 9.96. The molecule has 0 radical (unpaired) electrons. The monoisotopic (exact) mass is 227 g/mol. The fraction of sp³-hybridized carbons (Fsp3) is 0.143. The van der Waals surface area contributed by atoms with Crippen molar-refractivity contribution in [3.63, 3.8) is 0 Å². The van der Waals surface area contributed by atoms with Gasteiger partial charge in [-0.1, -0.05) is 18.2 Å². The third kappa shape index (κ3) is 2.04. The highest BCUT2D eigenvalue weighted by molar-refractivity contribution is 5.93. The lowest BCUT2D eigenvalue weighted by Gasteiger charge is -2.10. The maximum absolute atomic E-state index is 11.2. The van der Waals surface area contributed by atoms with Gasteiger partial charge in [0.25, 0.3) is 0 Å². The van der Waals surface area contributed by atoms with Crippen molar-refractivity contribution in [2.75, 3.05) is 0 Å². The number of aromatic carboxylic acids is 1. The van der Waals surface area contributed by atoms with E-state index in [-0.39, 0.29) is 0 Å². The van der Waals surface area contributed by atoms with Crippen molar-refractivity contribution >= 4 is 5.97 Å². The number of carbonyl (C=O) groups is 1. The Hall–Kier alpha value is -2.16. The summed E-state index contributed by atoms with van der Waals surface area (Å²) in [5.41, 5.74) is 3.57. The minimum atomic E-state index is -0.891. The number of aromatic nitrogens is 1. The fourth-order valence-corrected chi connectivity index (χ4v) is 1.98. The summed E-state index contributed by atoms with van der Waals surface area (Å²) in [6, 6.07) is 9.34. The first-order chi connectivity index (χ1) is 8.11. The first kappa shape index (κ1) is 11.3. The van der Waals surface area contributed by atoms with Gasteiger partial charge in [-0.05, 0) is 37.1 Å². The first-order valence-electron chi connectivity index (χ1n) is 5.36. The summed E-state index contributed by atoms with van der Waals surface area (Å²) in [6.45, 7) is 3.62. The summed E-state index contributed by atoms with van der Waals surface area (Å²) >= 11 is 0. The van der Waals surface area contributed by atoms with Crippen LogP contribution in [0.1, 0.15) is 21.5 Å². The Labute approximate surface area is 99.8 Å². The highest BCUT2D eigenvalue weighted by Crippen LogP contribution is 2.26. The summed E-state index contributed by atoms with van der Waals surface area (Å²) in [5.74, 6) is -0.891. The van der Waals surface area contributed by atoms with Gasteiger partial charge in [0.1, 0.15) is 0 Å². The van der Waals surface area contributed by atoms with E-state index in [1.54, 1.807) is 13.1 Å². The van der Waals surface area contributed by atoms with Crippen LogP contribution in [0.2, 0.25) is 0 Å².